The van der Waals surface area contributed by atoms with E-state index in [9.17, 15) is 0 Å². The normalized spacial score (nSPS) is 20.2. The van der Waals surface area contributed by atoms with Crippen molar-refractivity contribution in [1.29, 1.82) is 0 Å². The lowest BCUT2D eigenvalue weighted by atomic mass is 10.0. The van der Waals surface area contributed by atoms with Crippen LogP contribution in [0.15, 0.2) is 18.2 Å². The van der Waals surface area contributed by atoms with E-state index >= 15 is 0 Å². The molecule has 1 saturated heterocycles. The van der Waals surface area contributed by atoms with Crippen molar-refractivity contribution in [2.45, 2.75) is 39.3 Å². The number of hydrogen-bond donors (Lipinski definition) is 2. The summed E-state index contributed by atoms with van der Waals surface area (Å²) < 4.78 is 0. The minimum absolute atomic E-state index is 0.685. The molecule has 1 heterocycles. The summed E-state index contributed by atoms with van der Waals surface area (Å²) in [4.78, 5) is 0. The van der Waals surface area contributed by atoms with E-state index in [0.29, 0.717) is 6.04 Å². The summed E-state index contributed by atoms with van der Waals surface area (Å²) >= 11 is 0. The van der Waals surface area contributed by atoms with Gasteiger partial charge in [0, 0.05) is 19.1 Å². The lowest BCUT2D eigenvalue weighted by molar-refractivity contribution is 0.534. The minimum Gasteiger partial charge on any atom is -0.313 e. The van der Waals surface area contributed by atoms with Crippen molar-refractivity contribution in [3.63, 3.8) is 0 Å². The molecule has 2 rings (SSSR count). The van der Waals surface area contributed by atoms with E-state index in [1.807, 2.05) is 0 Å². The molecular weight excluding hydrogens is 196 g/mol. The van der Waals surface area contributed by atoms with E-state index in [1.165, 1.54) is 36.1 Å². The topological polar surface area (TPSA) is 24.1 Å². The Bertz CT molecular complexity index is 320. The van der Waals surface area contributed by atoms with Crippen LogP contribution in [0.1, 0.15) is 29.5 Å². The summed E-state index contributed by atoms with van der Waals surface area (Å²) in [7, 11) is 0. The Kier molecular flexibility index (Phi) is 3.97. The summed E-state index contributed by atoms with van der Waals surface area (Å²) in [6.45, 7) is 7.66. The molecule has 0 aromatic heterocycles. The first-order valence-electron chi connectivity index (χ1n) is 6.26. The molecule has 88 valence electrons. The van der Waals surface area contributed by atoms with E-state index < -0.39 is 0 Å². The molecule has 0 aliphatic carbocycles. The molecule has 1 fully saturated rings. The van der Waals surface area contributed by atoms with Crippen LogP contribution in [0.5, 0.6) is 0 Å². The van der Waals surface area contributed by atoms with Crippen LogP contribution in [0.2, 0.25) is 0 Å². The van der Waals surface area contributed by atoms with E-state index in [-0.39, 0.29) is 0 Å². The van der Waals surface area contributed by atoms with Crippen LogP contribution >= 0.6 is 0 Å². The predicted molar refractivity (Wildman–Crippen MR) is 68.6 cm³/mol. The Labute approximate surface area is 98.4 Å². The Hall–Kier alpha value is -0.860. The van der Waals surface area contributed by atoms with E-state index in [4.69, 9.17) is 0 Å². The lowest BCUT2D eigenvalue weighted by Gasteiger charge is -2.14. The molecule has 0 spiro atoms. The van der Waals surface area contributed by atoms with Gasteiger partial charge in [-0.3, -0.25) is 0 Å². The van der Waals surface area contributed by atoms with E-state index in [1.54, 1.807) is 0 Å². The molecule has 0 radical (unpaired) electrons. The first-order chi connectivity index (χ1) is 7.77. The molecule has 0 saturated carbocycles. The van der Waals surface area contributed by atoms with Gasteiger partial charge in [-0.25, -0.2) is 0 Å². The average Bonchev–Trinajstić information content (AvgIpc) is 2.75. The lowest BCUT2D eigenvalue weighted by Crippen LogP contribution is -2.33. The van der Waals surface area contributed by atoms with Crippen molar-refractivity contribution >= 4 is 0 Å². The molecule has 0 bridgehead atoms. The minimum atomic E-state index is 0.685. The Morgan fingerprint density at radius 1 is 1.31 bits per heavy atom. The van der Waals surface area contributed by atoms with Gasteiger partial charge in [0.05, 0.1) is 0 Å². The molecule has 2 nitrogen and oxygen atoms in total. The van der Waals surface area contributed by atoms with Gasteiger partial charge in [-0.1, -0.05) is 18.2 Å². The maximum absolute atomic E-state index is 3.56. The van der Waals surface area contributed by atoms with Crippen LogP contribution in [0, 0.1) is 13.8 Å². The second kappa shape index (κ2) is 5.46. The highest BCUT2D eigenvalue weighted by Gasteiger charge is 2.13. The molecule has 0 amide bonds. The van der Waals surface area contributed by atoms with Crippen LogP contribution in [-0.4, -0.2) is 19.1 Å². The van der Waals surface area contributed by atoms with Gasteiger partial charge in [-0.15, -0.1) is 0 Å². The van der Waals surface area contributed by atoms with Crippen LogP contribution < -0.4 is 10.6 Å². The molecular formula is C14H22N2. The standard InChI is InChI=1S/C14H22N2/c1-11-5-3-6-12(2)14(11)10-15-9-13-7-4-8-16-13/h3,5-6,13,15-16H,4,7-10H2,1-2H3. The van der Waals surface area contributed by atoms with Crippen molar-refractivity contribution in [3.05, 3.63) is 34.9 Å². The molecule has 16 heavy (non-hydrogen) atoms. The van der Waals surface area contributed by atoms with Crippen molar-refractivity contribution in [1.82, 2.24) is 10.6 Å². The fraction of sp³-hybridized carbons (Fsp3) is 0.571. The van der Waals surface area contributed by atoms with Gasteiger partial charge >= 0.3 is 0 Å². The summed E-state index contributed by atoms with van der Waals surface area (Å²) in [6.07, 6.45) is 2.65. The van der Waals surface area contributed by atoms with Crippen molar-refractivity contribution < 1.29 is 0 Å². The van der Waals surface area contributed by atoms with Crippen LogP contribution in [0.3, 0.4) is 0 Å². The summed E-state index contributed by atoms with van der Waals surface area (Å²) in [5.74, 6) is 0. The molecule has 1 aromatic rings. The SMILES string of the molecule is Cc1cccc(C)c1CNCC1CCCN1. The first-order valence-corrected chi connectivity index (χ1v) is 6.26. The Morgan fingerprint density at radius 2 is 2.06 bits per heavy atom. The van der Waals surface area contributed by atoms with Gasteiger partial charge in [0.1, 0.15) is 0 Å². The van der Waals surface area contributed by atoms with Gasteiger partial charge in [0.25, 0.3) is 0 Å². The molecule has 1 unspecified atom stereocenters. The monoisotopic (exact) mass is 218 g/mol. The second-order valence-corrected chi connectivity index (χ2v) is 4.79. The maximum Gasteiger partial charge on any atom is 0.0211 e. The number of rotatable bonds is 4. The van der Waals surface area contributed by atoms with Gasteiger partial charge in [-0.05, 0) is 49.9 Å². The van der Waals surface area contributed by atoms with E-state index in [2.05, 4.69) is 42.7 Å². The summed E-state index contributed by atoms with van der Waals surface area (Å²) in [5.41, 5.74) is 4.25. The molecule has 2 N–H and O–H groups in total. The Morgan fingerprint density at radius 3 is 2.69 bits per heavy atom. The maximum atomic E-state index is 3.56. The highest BCUT2D eigenvalue weighted by atomic mass is 15.0. The smallest absolute Gasteiger partial charge is 0.0211 e. The predicted octanol–water partition coefficient (Wildman–Crippen LogP) is 2.15. The number of benzene rings is 1. The molecule has 2 heteroatoms. The largest absolute Gasteiger partial charge is 0.313 e. The zero-order valence-corrected chi connectivity index (χ0v) is 10.3. The summed E-state index contributed by atoms with van der Waals surface area (Å²) in [6, 6.07) is 7.20. The third-order valence-electron chi connectivity index (χ3n) is 3.50. The van der Waals surface area contributed by atoms with Gasteiger partial charge in [-0.2, -0.15) is 0 Å². The van der Waals surface area contributed by atoms with Crippen LogP contribution in [0.25, 0.3) is 0 Å². The van der Waals surface area contributed by atoms with E-state index in [0.717, 1.165) is 13.1 Å². The average molecular weight is 218 g/mol. The van der Waals surface area contributed by atoms with Crippen LogP contribution in [-0.2, 0) is 6.54 Å². The Balaban J connectivity index is 1.84. The van der Waals surface area contributed by atoms with Gasteiger partial charge in [0.15, 0.2) is 0 Å². The zero-order valence-electron chi connectivity index (χ0n) is 10.3. The van der Waals surface area contributed by atoms with Crippen molar-refractivity contribution in [3.8, 4) is 0 Å². The molecule has 1 atom stereocenters. The molecule has 1 aliphatic heterocycles. The first kappa shape index (κ1) is 11.6. The summed E-state index contributed by atoms with van der Waals surface area (Å²) in [5, 5.41) is 7.07. The highest BCUT2D eigenvalue weighted by Crippen LogP contribution is 2.13. The third kappa shape index (κ3) is 2.83. The third-order valence-corrected chi connectivity index (χ3v) is 3.50. The quantitative estimate of drug-likeness (QED) is 0.809. The second-order valence-electron chi connectivity index (χ2n) is 4.79. The number of nitrogens with one attached hydrogen (secondary N) is 2. The zero-order chi connectivity index (χ0) is 11.4. The van der Waals surface area contributed by atoms with Gasteiger partial charge < -0.3 is 10.6 Å². The number of aryl methyl sites for hydroxylation is 2. The fourth-order valence-electron chi connectivity index (χ4n) is 2.43. The van der Waals surface area contributed by atoms with Crippen molar-refractivity contribution in [2.24, 2.45) is 0 Å². The number of hydrogen-bond acceptors (Lipinski definition) is 2. The van der Waals surface area contributed by atoms with Crippen LogP contribution in [0.4, 0.5) is 0 Å². The molecule has 1 aliphatic rings. The van der Waals surface area contributed by atoms with Gasteiger partial charge in [0.2, 0.25) is 0 Å². The molecule has 1 aromatic carbocycles. The fourth-order valence-corrected chi connectivity index (χ4v) is 2.43. The van der Waals surface area contributed by atoms with Crippen molar-refractivity contribution in [2.75, 3.05) is 13.1 Å². The highest BCUT2D eigenvalue weighted by molar-refractivity contribution is 5.33.